The van der Waals surface area contributed by atoms with Crippen LogP contribution in [0.2, 0.25) is 0 Å². The zero-order chi connectivity index (χ0) is 12.3. The fourth-order valence-corrected chi connectivity index (χ4v) is 1.92. The number of pyridine rings is 1. The Morgan fingerprint density at radius 2 is 2.18 bits per heavy atom. The number of carbonyl (C=O) groups is 1. The molecule has 5 nitrogen and oxygen atoms in total. The molecule has 2 N–H and O–H groups in total. The van der Waals surface area contributed by atoms with Crippen LogP contribution < -0.4 is 5.32 Å². The number of rotatable bonds is 3. The van der Waals surface area contributed by atoms with Crippen LogP contribution in [-0.2, 0) is 4.74 Å². The van der Waals surface area contributed by atoms with Crippen molar-refractivity contribution < 1.29 is 14.6 Å². The molecule has 1 aromatic heterocycles. The molecule has 0 aromatic carbocycles. The fraction of sp³-hybridized carbons (Fsp3) is 0.500. The molecule has 5 heteroatoms. The maximum Gasteiger partial charge on any atom is 0.337 e. The van der Waals surface area contributed by atoms with Gasteiger partial charge in [-0.1, -0.05) is 0 Å². The van der Waals surface area contributed by atoms with Gasteiger partial charge in [0.25, 0.3) is 0 Å². The summed E-state index contributed by atoms with van der Waals surface area (Å²) in [6.07, 6.45) is 1.92. The second-order valence-electron chi connectivity index (χ2n) is 4.17. The summed E-state index contributed by atoms with van der Waals surface area (Å²) in [5, 5.41) is 12.2. The van der Waals surface area contributed by atoms with Crippen LogP contribution in [0, 0.1) is 6.92 Å². The van der Waals surface area contributed by atoms with Crippen LogP contribution in [0.4, 0.5) is 5.82 Å². The molecular weight excluding hydrogens is 220 g/mol. The van der Waals surface area contributed by atoms with Gasteiger partial charge in [0.15, 0.2) is 0 Å². The number of hydrogen-bond acceptors (Lipinski definition) is 4. The van der Waals surface area contributed by atoms with Crippen molar-refractivity contribution >= 4 is 11.8 Å². The highest BCUT2D eigenvalue weighted by Gasteiger charge is 2.15. The molecule has 2 rings (SSSR count). The third-order valence-corrected chi connectivity index (χ3v) is 2.89. The van der Waals surface area contributed by atoms with Gasteiger partial charge < -0.3 is 15.2 Å². The lowest BCUT2D eigenvalue weighted by molar-refractivity contribution is 0.0695. The van der Waals surface area contributed by atoms with Crippen molar-refractivity contribution in [1.29, 1.82) is 0 Å². The van der Waals surface area contributed by atoms with Gasteiger partial charge in [-0.05, 0) is 31.9 Å². The van der Waals surface area contributed by atoms with Crippen LogP contribution >= 0.6 is 0 Å². The fourth-order valence-electron chi connectivity index (χ4n) is 1.92. The molecular formula is C12H16N2O3. The minimum absolute atomic E-state index is 0.252. The summed E-state index contributed by atoms with van der Waals surface area (Å²) in [5.74, 6) is -0.202. The Labute approximate surface area is 99.8 Å². The average Bonchev–Trinajstić information content (AvgIpc) is 2.30. The van der Waals surface area contributed by atoms with Crippen molar-refractivity contribution in [3.05, 3.63) is 23.4 Å². The van der Waals surface area contributed by atoms with Crippen molar-refractivity contribution in [3.8, 4) is 0 Å². The average molecular weight is 236 g/mol. The van der Waals surface area contributed by atoms with E-state index in [-0.39, 0.29) is 5.56 Å². The first-order valence-corrected chi connectivity index (χ1v) is 5.72. The third kappa shape index (κ3) is 2.94. The van der Waals surface area contributed by atoms with Crippen molar-refractivity contribution in [2.45, 2.75) is 25.8 Å². The molecule has 0 aliphatic carbocycles. The largest absolute Gasteiger partial charge is 0.478 e. The van der Waals surface area contributed by atoms with Crippen LogP contribution in [0.25, 0.3) is 0 Å². The number of aromatic nitrogens is 1. The van der Waals surface area contributed by atoms with Crippen LogP contribution in [0.1, 0.15) is 28.9 Å². The zero-order valence-electron chi connectivity index (χ0n) is 9.77. The van der Waals surface area contributed by atoms with E-state index in [1.807, 2.05) is 0 Å². The summed E-state index contributed by atoms with van der Waals surface area (Å²) in [6.45, 7) is 3.24. The van der Waals surface area contributed by atoms with Gasteiger partial charge in [0.1, 0.15) is 5.82 Å². The second kappa shape index (κ2) is 5.14. The van der Waals surface area contributed by atoms with Crippen LogP contribution in [-0.4, -0.2) is 35.3 Å². The highest BCUT2D eigenvalue weighted by molar-refractivity contribution is 5.89. The van der Waals surface area contributed by atoms with Gasteiger partial charge in [0.2, 0.25) is 0 Å². The topological polar surface area (TPSA) is 71.5 Å². The van der Waals surface area contributed by atoms with Gasteiger partial charge in [-0.25, -0.2) is 9.78 Å². The van der Waals surface area contributed by atoms with Crippen LogP contribution in [0.15, 0.2) is 12.1 Å². The van der Waals surface area contributed by atoms with E-state index in [1.54, 1.807) is 19.1 Å². The van der Waals surface area contributed by atoms with Crippen LogP contribution in [0.5, 0.6) is 0 Å². The number of nitrogens with one attached hydrogen (secondary N) is 1. The molecule has 2 heterocycles. The van der Waals surface area contributed by atoms with E-state index in [1.165, 1.54) is 0 Å². The Morgan fingerprint density at radius 3 is 2.76 bits per heavy atom. The van der Waals surface area contributed by atoms with E-state index in [4.69, 9.17) is 9.84 Å². The van der Waals surface area contributed by atoms with E-state index in [9.17, 15) is 4.79 Å². The van der Waals surface area contributed by atoms with Gasteiger partial charge in [-0.2, -0.15) is 0 Å². The molecule has 0 atom stereocenters. The monoisotopic (exact) mass is 236 g/mol. The molecule has 0 bridgehead atoms. The molecule has 0 spiro atoms. The molecule has 0 saturated carbocycles. The summed E-state index contributed by atoms with van der Waals surface area (Å²) in [7, 11) is 0. The smallest absolute Gasteiger partial charge is 0.337 e. The lowest BCUT2D eigenvalue weighted by atomic mass is 10.1. The van der Waals surface area contributed by atoms with E-state index in [2.05, 4.69) is 10.3 Å². The number of ether oxygens (including phenoxy) is 1. The molecule has 0 radical (unpaired) electrons. The SMILES string of the molecule is Cc1nc(NC2CCOCC2)ccc1C(=O)O. The molecule has 0 amide bonds. The number of hydrogen-bond donors (Lipinski definition) is 2. The molecule has 1 saturated heterocycles. The first kappa shape index (κ1) is 11.9. The van der Waals surface area contributed by atoms with Gasteiger partial charge >= 0.3 is 5.97 Å². The number of aryl methyl sites for hydroxylation is 1. The summed E-state index contributed by atoms with van der Waals surface area (Å²) < 4.78 is 5.27. The van der Waals surface area contributed by atoms with Crippen molar-refractivity contribution in [1.82, 2.24) is 4.98 Å². The Hall–Kier alpha value is -1.62. The molecule has 1 aromatic rings. The minimum atomic E-state index is -0.937. The molecule has 0 unspecified atom stereocenters. The van der Waals surface area contributed by atoms with Gasteiger partial charge in [0, 0.05) is 19.3 Å². The number of anilines is 1. The zero-order valence-corrected chi connectivity index (χ0v) is 9.77. The maximum absolute atomic E-state index is 10.8. The molecule has 1 aliphatic rings. The number of carboxylic acids is 1. The first-order chi connectivity index (χ1) is 8.16. The lowest BCUT2D eigenvalue weighted by Gasteiger charge is -2.23. The van der Waals surface area contributed by atoms with Crippen molar-refractivity contribution in [2.75, 3.05) is 18.5 Å². The summed E-state index contributed by atoms with van der Waals surface area (Å²) in [5.41, 5.74) is 0.789. The first-order valence-electron chi connectivity index (χ1n) is 5.72. The van der Waals surface area contributed by atoms with E-state index < -0.39 is 5.97 Å². The number of aromatic carboxylic acids is 1. The van der Waals surface area contributed by atoms with E-state index >= 15 is 0 Å². The Kier molecular flexibility index (Phi) is 3.58. The summed E-state index contributed by atoms with van der Waals surface area (Å²) >= 11 is 0. The number of carboxylic acid groups (broad SMARTS) is 1. The molecule has 17 heavy (non-hydrogen) atoms. The highest BCUT2D eigenvalue weighted by atomic mass is 16.5. The summed E-state index contributed by atoms with van der Waals surface area (Å²) in [4.78, 5) is 15.1. The van der Waals surface area contributed by atoms with Gasteiger partial charge in [-0.3, -0.25) is 0 Å². The van der Waals surface area contributed by atoms with Crippen molar-refractivity contribution in [3.63, 3.8) is 0 Å². The molecule has 1 fully saturated rings. The van der Waals surface area contributed by atoms with Gasteiger partial charge in [-0.15, -0.1) is 0 Å². The van der Waals surface area contributed by atoms with E-state index in [0.29, 0.717) is 11.7 Å². The number of nitrogens with zero attached hydrogens (tertiary/aromatic N) is 1. The minimum Gasteiger partial charge on any atom is -0.478 e. The highest BCUT2D eigenvalue weighted by Crippen LogP contribution is 2.15. The molecule has 1 aliphatic heterocycles. The normalized spacial score (nSPS) is 16.8. The Bertz CT molecular complexity index is 414. The second-order valence-corrected chi connectivity index (χ2v) is 4.17. The van der Waals surface area contributed by atoms with Gasteiger partial charge in [0.05, 0.1) is 11.3 Å². The Morgan fingerprint density at radius 1 is 1.47 bits per heavy atom. The third-order valence-electron chi connectivity index (χ3n) is 2.89. The predicted molar refractivity (Wildman–Crippen MR) is 63.4 cm³/mol. The van der Waals surface area contributed by atoms with E-state index in [0.717, 1.165) is 31.9 Å². The Balaban J connectivity index is 2.06. The summed E-state index contributed by atoms with van der Waals surface area (Å²) in [6, 6.07) is 3.67. The standard InChI is InChI=1S/C12H16N2O3/c1-8-10(12(15)16)2-3-11(13-8)14-9-4-6-17-7-5-9/h2-3,9H,4-7H2,1H3,(H,13,14)(H,15,16). The predicted octanol–water partition coefficient (Wildman–Crippen LogP) is 1.68. The molecule has 92 valence electrons. The maximum atomic E-state index is 10.8. The van der Waals surface area contributed by atoms with Crippen LogP contribution in [0.3, 0.4) is 0 Å². The quantitative estimate of drug-likeness (QED) is 0.835. The van der Waals surface area contributed by atoms with Crippen molar-refractivity contribution in [2.24, 2.45) is 0 Å². The lowest BCUT2D eigenvalue weighted by Crippen LogP contribution is -2.28.